The molecule has 0 saturated heterocycles. The molecule has 2 atom stereocenters. The van der Waals surface area contributed by atoms with Crippen LogP contribution in [0.15, 0.2) is 30.3 Å². The van der Waals surface area contributed by atoms with Gasteiger partial charge in [-0.2, -0.15) is 0 Å². The Kier molecular flexibility index (Phi) is 6.30. The molecule has 3 nitrogen and oxygen atoms in total. The molecule has 16 heavy (non-hydrogen) atoms. The molecule has 0 spiro atoms. The fraction of sp³-hybridized carbons (Fsp3) is 0.500. The van der Waals surface area contributed by atoms with Gasteiger partial charge >= 0.3 is 0 Å². The summed E-state index contributed by atoms with van der Waals surface area (Å²) >= 11 is 0. The van der Waals surface area contributed by atoms with Crippen molar-refractivity contribution in [2.45, 2.75) is 13.5 Å². The number of rotatable bonds is 7. The molecule has 0 heterocycles. The zero-order valence-electron chi connectivity index (χ0n) is 9.59. The van der Waals surface area contributed by atoms with Gasteiger partial charge in [0.25, 0.3) is 0 Å². The van der Waals surface area contributed by atoms with Crippen LogP contribution in [-0.4, -0.2) is 22.4 Å². The van der Waals surface area contributed by atoms with Crippen LogP contribution < -0.4 is 5.73 Å². The Morgan fingerprint density at radius 2 is 2.06 bits per heavy atom. The van der Waals surface area contributed by atoms with Crippen molar-refractivity contribution in [2.24, 2.45) is 11.7 Å². The van der Waals surface area contributed by atoms with Crippen LogP contribution in [0.4, 0.5) is 0 Å². The molecule has 90 valence electrons. The normalized spacial score (nSPS) is 14.6. The van der Waals surface area contributed by atoms with E-state index in [1.54, 1.807) is 0 Å². The van der Waals surface area contributed by atoms with E-state index < -0.39 is 10.8 Å². The first-order valence-electron chi connectivity index (χ1n) is 5.39. The van der Waals surface area contributed by atoms with E-state index in [0.717, 1.165) is 5.56 Å². The van der Waals surface area contributed by atoms with Gasteiger partial charge in [-0.05, 0) is 18.0 Å². The second-order valence-corrected chi connectivity index (χ2v) is 5.35. The summed E-state index contributed by atoms with van der Waals surface area (Å²) in [6.07, 6.45) is 0. The molecule has 2 unspecified atom stereocenters. The number of hydrogen-bond acceptors (Lipinski definition) is 3. The average molecular weight is 241 g/mol. The van der Waals surface area contributed by atoms with Crippen LogP contribution in [0.1, 0.15) is 12.5 Å². The molecule has 0 saturated carbocycles. The first kappa shape index (κ1) is 13.4. The monoisotopic (exact) mass is 241 g/mol. The van der Waals surface area contributed by atoms with E-state index in [9.17, 15) is 4.21 Å². The minimum absolute atomic E-state index is 0.291. The molecule has 0 fully saturated rings. The maximum Gasteiger partial charge on any atom is 0.122 e. The summed E-state index contributed by atoms with van der Waals surface area (Å²) in [5.41, 5.74) is 6.57. The van der Waals surface area contributed by atoms with Gasteiger partial charge in [0.2, 0.25) is 0 Å². The first-order chi connectivity index (χ1) is 7.72. The molecule has 0 aromatic heterocycles. The van der Waals surface area contributed by atoms with Gasteiger partial charge in [-0.3, -0.25) is 4.21 Å². The largest absolute Gasteiger partial charge is 0.364 e. The maximum absolute atomic E-state index is 11.5. The minimum Gasteiger partial charge on any atom is -0.364 e. The highest BCUT2D eigenvalue weighted by atomic mass is 32.2. The van der Waals surface area contributed by atoms with Gasteiger partial charge in [-0.15, -0.1) is 0 Å². The summed E-state index contributed by atoms with van der Waals surface area (Å²) in [6.45, 7) is 3.09. The highest BCUT2D eigenvalue weighted by Gasteiger charge is 2.05. The SMILES string of the molecule is CC(CN)CS(=O)COCc1ccccc1. The van der Waals surface area contributed by atoms with Gasteiger partial charge < -0.3 is 10.5 Å². The first-order valence-corrected chi connectivity index (χ1v) is 6.88. The molecule has 0 aliphatic heterocycles. The van der Waals surface area contributed by atoms with Crippen LogP contribution in [0.2, 0.25) is 0 Å². The van der Waals surface area contributed by atoms with Crippen molar-refractivity contribution in [3.8, 4) is 0 Å². The Morgan fingerprint density at radius 3 is 2.69 bits per heavy atom. The van der Waals surface area contributed by atoms with E-state index in [-0.39, 0.29) is 0 Å². The molecule has 4 heteroatoms. The third kappa shape index (κ3) is 5.39. The molecule has 0 radical (unpaired) electrons. The fourth-order valence-corrected chi connectivity index (χ4v) is 2.40. The number of benzene rings is 1. The fourth-order valence-electron chi connectivity index (χ4n) is 1.26. The van der Waals surface area contributed by atoms with E-state index >= 15 is 0 Å². The van der Waals surface area contributed by atoms with E-state index in [1.807, 2.05) is 37.3 Å². The van der Waals surface area contributed by atoms with Gasteiger partial charge in [-0.1, -0.05) is 37.3 Å². The lowest BCUT2D eigenvalue weighted by Crippen LogP contribution is -2.19. The van der Waals surface area contributed by atoms with Crippen molar-refractivity contribution in [1.82, 2.24) is 0 Å². The second-order valence-electron chi connectivity index (χ2n) is 3.90. The molecule has 1 aromatic carbocycles. The molecular weight excluding hydrogens is 222 g/mol. The predicted molar refractivity (Wildman–Crippen MR) is 67.3 cm³/mol. The molecule has 1 aromatic rings. The van der Waals surface area contributed by atoms with Crippen LogP contribution in [0.5, 0.6) is 0 Å². The van der Waals surface area contributed by atoms with Crippen molar-refractivity contribution in [3.05, 3.63) is 35.9 Å². The van der Waals surface area contributed by atoms with Gasteiger partial charge in [-0.25, -0.2) is 0 Å². The Balaban J connectivity index is 2.18. The number of hydrogen-bond donors (Lipinski definition) is 1. The van der Waals surface area contributed by atoms with Crippen LogP contribution in [-0.2, 0) is 22.1 Å². The summed E-state index contributed by atoms with van der Waals surface area (Å²) in [5, 5.41) is 0. The smallest absolute Gasteiger partial charge is 0.122 e. The van der Waals surface area contributed by atoms with Crippen molar-refractivity contribution < 1.29 is 8.95 Å². The van der Waals surface area contributed by atoms with Gasteiger partial charge in [0, 0.05) is 16.6 Å². The standard InChI is InChI=1S/C12H19NO2S/c1-11(7-13)9-16(14)10-15-8-12-5-3-2-4-6-12/h2-6,11H,7-10,13H2,1H3. The Morgan fingerprint density at radius 1 is 1.38 bits per heavy atom. The number of nitrogens with two attached hydrogens (primary N) is 1. The van der Waals surface area contributed by atoms with Crippen molar-refractivity contribution >= 4 is 10.8 Å². The van der Waals surface area contributed by atoms with E-state index in [2.05, 4.69) is 0 Å². The molecule has 0 aliphatic carbocycles. The molecule has 1 rings (SSSR count). The van der Waals surface area contributed by atoms with E-state index in [4.69, 9.17) is 10.5 Å². The molecular formula is C12H19NO2S. The second kappa shape index (κ2) is 7.54. The van der Waals surface area contributed by atoms with Gasteiger partial charge in [0.15, 0.2) is 0 Å². The van der Waals surface area contributed by atoms with E-state index in [0.29, 0.717) is 30.8 Å². The van der Waals surface area contributed by atoms with Crippen molar-refractivity contribution in [3.63, 3.8) is 0 Å². The van der Waals surface area contributed by atoms with E-state index in [1.165, 1.54) is 0 Å². The lowest BCUT2D eigenvalue weighted by molar-refractivity contribution is 0.166. The third-order valence-corrected chi connectivity index (χ3v) is 3.57. The molecule has 2 N–H and O–H groups in total. The zero-order chi connectivity index (χ0) is 11.8. The van der Waals surface area contributed by atoms with Gasteiger partial charge in [0.05, 0.1) is 6.61 Å². The molecule has 0 aliphatic rings. The summed E-state index contributed by atoms with van der Waals surface area (Å²) < 4.78 is 16.9. The molecule has 0 amide bonds. The molecule has 0 bridgehead atoms. The van der Waals surface area contributed by atoms with Crippen LogP contribution in [0.25, 0.3) is 0 Å². The highest BCUT2D eigenvalue weighted by molar-refractivity contribution is 7.84. The maximum atomic E-state index is 11.5. The van der Waals surface area contributed by atoms with Gasteiger partial charge in [0.1, 0.15) is 5.94 Å². The number of ether oxygens (including phenoxy) is 1. The van der Waals surface area contributed by atoms with Crippen LogP contribution in [0, 0.1) is 5.92 Å². The highest BCUT2D eigenvalue weighted by Crippen LogP contribution is 2.02. The summed E-state index contributed by atoms with van der Waals surface area (Å²) in [6, 6.07) is 9.87. The van der Waals surface area contributed by atoms with Crippen LogP contribution >= 0.6 is 0 Å². The van der Waals surface area contributed by atoms with Crippen LogP contribution in [0.3, 0.4) is 0 Å². The topological polar surface area (TPSA) is 52.3 Å². The Hall–Kier alpha value is -0.710. The van der Waals surface area contributed by atoms with Crippen molar-refractivity contribution in [1.29, 1.82) is 0 Å². The summed E-state index contributed by atoms with van der Waals surface area (Å²) in [7, 11) is -0.926. The predicted octanol–water partition coefficient (Wildman–Crippen LogP) is 1.50. The quantitative estimate of drug-likeness (QED) is 0.787. The summed E-state index contributed by atoms with van der Waals surface area (Å²) in [5.74, 6) is 1.20. The Labute approximate surface area is 99.4 Å². The van der Waals surface area contributed by atoms with Crippen molar-refractivity contribution in [2.75, 3.05) is 18.2 Å². The minimum atomic E-state index is -0.926. The zero-order valence-corrected chi connectivity index (χ0v) is 10.4. The lowest BCUT2D eigenvalue weighted by atomic mass is 10.2. The Bertz CT molecular complexity index is 316. The average Bonchev–Trinajstić information content (AvgIpc) is 2.30. The summed E-state index contributed by atoms with van der Waals surface area (Å²) in [4.78, 5) is 0. The third-order valence-electron chi connectivity index (χ3n) is 2.20. The lowest BCUT2D eigenvalue weighted by Gasteiger charge is -2.08.